The van der Waals surface area contributed by atoms with Crippen molar-refractivity contribution in [2.75, 3.05) is 6.54 Å². The molecule has 2 aromatic heterocycles. The maximum Gasteiger partial charge on any atom is 0.261 e. The summed E-state index contributed by atoms with van der Waals surface area (Å²) in [5, 5.41) is 6.27. The summed E-state index contributed by atoms with van der Waals surface area (Å²) in [4.78, 5) is 27.1. The fourth-order valence-electron chi connectivity index (χ4n) is 2.75. The number of furan rings is 1. The third kappa shape index (κ3) is 4.03. The Bertz CT molecular complexity index is 712. The van der Waals surface area contributed by atoms with E-state index < -0.39 is 5.56 Å². The molecule has 2 aromatic rings. The molecule has 1 aliphatic heterocycles. The van der Waals surface area contributed by atoms with Crippen molar-refractivity contribution in [3.05, 3.63) is 46.4 Å². The Morgan fingerprint density at radius 2 is 2.17 bits per heavy atom. The van der Waals surface area contributed by atoms with E-state index in [0.29, 0.717) is 17.5 Å². The van der Waals surface area contributed by atoms with Crippen molar-refractivity contribution in [3.8, 4) is 11.5 Å². The highest BCUT2D eigenvalue weighted by Gasteiger charge is 2.21. The Hall–Kier alpha value is -2.05. The Labute approximate surface area is 140 Å². The standard InChI is InChI=1S/C16H19N3O3.ClH/c1-10-9-11(6-7-17-10)18-15(20)12-4-5-13(19-16(12)21)14-3-2-8-22-14;/h2-5,8,10-11,17H,6-7,9H2,1H3,(H,18,20)(H,19,21);1H. The van der Waals surface area contributed by atoms with Gasteiger partial charge >= 0.3 is 0 Å². The maximum atomic E-state index is 12.3. The van der Waals surface area contributed by atoms with E-state index in [9.17, 15) is 9.59 Å². The molecule has 1 aliphatic rings. The zero-order chi connectivity index (χ0) is 15.5. The van der Waals surface area contributed by atoms with E-state index in [-0.39, 0.29) is 29.9 Å². The molecule has 1 fully saturated rings. The molecular weight excluding hydrogens is 318 g/mol. The minimum atomic E-state index is -0.409. The molecule has 0 bridgehead atoms. The monoisotopic (exact) mass is 337 g/mol. The molecule has 7 heteroatoms. The molecular formula is C16H20ClN3O3. The topological polar surface area (TPSA) is 87.1 Å². The van der Waals surface area contributed by atoms with Gasteiger partial charge in [0.2, 0.25) is 0 Å². The van der Waals surface area contributed by atoms with E-state index in [1.165, 1.54) is 12.3 Å². The van der Waals surface area contributed by atoms with Crippen LogP contribution in [0.25, 0.3) is 11.5 Å². The average Bonchev–Trinajstić information content (AvgIpc) is 3.01. The fraction of sp³-hybridized carbons (Fsp3) is 0.375. The summed E-state index contributed by atoms with van der Waals surface area (Å²) in [5.74, 6) is 0.239. The first-order valence-electron chi connectivity index (χ1n) is 7.45. The van der Waals surface area contributed by atoms with Gasteiger partial charge in [-0.05, 0) is 50.6 Å². The van der Waals surface area contributed by atoms with Gasteiger partial charge in [0.15, 0.2) is 0 Å². The van der Waals surface area contributed by atoms with Crippen molar-refractivity contribution in [2.45, 2.75) is 31.8 Å². The molecule has 0 saturated carbocycles. The normalized spacial score (nSPS) is 20.6. The number of aromatic amines is 1. The van der Waals surface area contributed by atoms with Crippen LogP contribution in [0, 0.1) is 0 Å². The first-order chi connectivity index (χ1) is 10.6. The quantitative estimate of drug-likeness (QED) is 0.798. The second-order valence-electron chi connectivity index (χ2n) is 5.64. The van der Waals surface area contributed by atoms with Gasteiger partial charge in [0, 0.05) is 12.1 Å². The smallest absolute Gasteiger partial charge is 0.261 e. The van der Waals surface area contributed by atoms with Crippen LogP contribution in [0.2, 0.25) is 0 Å². The molecule has 3 rings (SSSR count). The van der Waals surface area contributed by atoms with Crippen LogP contribution in [-0.4, -0.2) is 29.5 Å². The van der Waals surface area contributed by atoms with Gasteiger partial charge in [-0.1, -0.05) is 0 Å². The van der Waals surface area contributed by atoms with Crippen LogP contribution in [0.5, 0.6) is 0 Å². The Morgan fingerprint density at radius 3 is 2.83 bits per heavy atom. The van der Waals surface area contributed by atoms with E-state index in [1.807, 2.05) is 0 Å². The number of carbonyl (C=O) groups is 1. The number of aromatic nitrogens is 1. The highest BCUT2D eigenvalue weighted by molar-refractivity contribution is 5.94. The SMILES string of the molecule is CC1CC(NC(=O)c2ccc(-c3ccco3)[nH]c2=O)CCN1.Cl. The van der Waals surface area contributed by atoms with Crippen LogP contribution in [-0.2, 0) is 0 Å². The van der Waals surface area contributed by atoms with Gasteiger partial charge in [-0.25, -0.2) is 0 Å². The molecule has 0 spiro atoms. The lowest BCUT2D eigenvalue weighted by molar-refractivity contribution is 0.0924. The van der Waals surface area contributed by atoms with Gasteiger partial charge in [0.25, 0.3) is 11.5 Å². The molecule has 6 nitrogen and oxygen atoms in total. The minimum absolute atomic E-state index is 0. The number of halogens is 1. The Kier molecular flexibility index (Phi) is 5.63. The number of H-pyrrole nitrogens is 1. The molecule has 0 aromatic carbocycles. The lowest BCUT2D eigenvalue weighted by Gasteiger charge is -2.28. The van der Waals surface area contributed by atoms with E-state index >= 15 is 0 Å². The number of piperidine rings is 1. The molecule has 2 atom stereocenters. The zero-order valence-electron chi connectivity index (χ0n) is 12.8. The van der Waals surface area contributed by atoms with Crippen LogP contribution in [0.15, 0.2) is 39.7 Å². The Morgan fingerprint density at radius 1 is 1.35 bits per heavy atom. The molecule has 1 amide bonds. The van der Waals surface area contributed by atoms with Crippen molar-refractivity contribution in [1.29, 1.82) is 0 Å². The molecule has 3 N–H and O–H groups in total. The highest BCUT2D eigenvalue weighted by atomic mass is 35.5. The number of carbonyl (C=O) groups excluding carboxylic acids is 1. The van der Waals surface area contributed by atoms with Crippen LogP contribution in [0.4, 0.5) is 0 Å². The first-order valence-corrected chi connectivity index (χ1v) is 7.45. The molecule has 3 heterocycles. The van der Waals surface area contributed by atoms with Gasteiger partial charge in [0.1, 0.15) is 11.3 Å². The van der Waals surface area contributed by atoms with Crippen molar-refractivity contribution < 1.29 is 9.21 Å². The van der Waals surface area contributed by atoms with Crippen molar-refractivity contribution in [2.24, 2.45) is 0 Å². The maximum absolute atomic E-state index is 12.3. The zero-order valence-corrected chi connectivity index (χ0v) is 13.6. The van der Waals surface area contributed by atoms with E-state index in [2.05, 4.69) is 22.5 Å². The van der Waals surface area contributed by atoms with Gasteiger partial charge in [-0.3, -0.25) is 9.59 Å². The fourth-order valence-corrected chi connectivity index (χ4v) is 2.75. The van der Waals surface area contributed by atoms with Crippen LogP contribution < -0.4 is 16.2 Å². The number of rotatable bonds is 3. The lowest BCUT2D eigenvalue weighted by atomic mass is 10.0. The van der Waals surface area contributed by atoms with Gasteiger partial charge in [-0.2, -0.15) is 0 Å². The minimum Gasteiger partial charge on any atom is -0.463 e. The predicted molar refractivity (Wildman–Crippen MR) is 90.0 cm³/mol. The van der Waals surface area contributed by atoms with Crippen molar-refractivity contribution in [1.82, 2.24) is 15.6 Å². The highest BCUT2D eigenvalue weighted by Crippen LogP contribution is 2.16. The third-order valence-electron chi connectivity index (χ3n) is 3.90. The van der Waals surface area contributed by atoms with Gasteiger partial charge in [-0.15, -0.1) is 12.4 Å². The second kappa shape index (κ2) is 7.48. The summed E-state index contributed by atoms with van der Waals surface area (Å²) in [6.45, 7) is 2.96. The van der Waals surface area contributed by atoms with Crippen LogP contribution in [0.3, 0.4) is 0 Å². The molecule has 2 unspecified atom stereocenters. The first kappa shape index (κ1) is 17.3. The summed E-state index contributed by atoms with van der Waals surface area (Å²) in [7, 11) is 0. The molecule has 124 valence electrons. The summed E-state index contributed by atoms with van der Waals surface area (Å²) in [6.07, 6.45) is 3.28. The molecule has 23 heavy (non-hydrogen) atoms. The summed E-state index contributed by atoms with van der Waals surface area (Å²) < 4.78 is 5.23. The van der Waals surface area contributed by atoms with Gasteiger partial charge < -0.3 is 20.0 Å². The molecule has 1 saturated heterocycles. The Balaban J connectivity index is 0.00000192. The van der Waals surface area contributed by atoms with E-state index in [1.54, 1.807) is 18.2 Å². The number of amides is 1. The number of hydrogen-bond donors (Lipinski definition) is 3. The number of nitrogens with one attached hydrogen (secondary N) is 3. The van der Waals surface area contributed by atoms with E-state index in [0.717, 1.165) is 19.4 Å². The summed E-state index contributed by atoms with van der Waals surface area (Å²) >= 11 is 0. The second-order valence-corrected chi connectivity index (χ2v) is 5.64. The molecule has 0 radical (unpaired) electrons. The van der Waals surface area contributed by atoms with E-state index in [4.69, 9.17) is 4.42 Å². The average molecular weight is 338 g/mol. The largest absolute Gasteiger partial charge is 0.463 e. The predicted octanol–water partition coefficient (Wildman–Crippen LogP) is 1.93. The lowest BCUT2D eigenvalue weighted by Crippen LogP contribution is -2.47. The third-order valence-corrected chi connectivity index (χ3v) is 3.90. The summed E-state index contributed by atoms with van der Waals surface area (Å²) in [6, 6.07) is 7.19. The summed E-state index contributed by atoms with van der Waals surface area (Å²) in [5.41, 5.74) is 0.275. The van der Waals surface area contributed by atoms with Gasteiger partial charge in [0.05, 0.1) is 12.0 Å². The van der Waals surface area contributed by atoms with Crippen LogP contribution in [0.1, 0.15) is 30.1 Å². The van der Waals surface area contributed by atoms with Crippen molar-refractivity contribution in [3.63, 3.8) is 0 Å². The number of pyridine rings is 1. The molecule has 0 aliphatic carbocycles. The number of hydrogen-bond acceptors (Lipinski definition) is 4. The van der Waals surface area contributed by atoms with Crippen molar-refractivity contribution >= 4 is 18.3 Å². The van der Waals surface area contributed by atoms with Crippen LogP contribution >= 0.6 is 12.4 Å².